The number of aliphatic hydroxyl groups excluding tert-OH is 2. The highest BCUT2D eigenvalue weighted by atomic mass is 16.3. The fourth-order valence-electron chi connectivity index (χ4n) is 1.76. The van der Waals surface area contributed by atoms with Crippen LogP contribution in [0.25, 0.3) is 0 Å². The summed E-state index contributed by atoms with van der Waals surface area (Å²) >= 11 is 0. The summed E-state index contributed by atoms with van der Waals surface area (Å²) in [6.45, 7) is 4.68. The molecule has 0 radical (unpaired) electrons. The predicted molar refractivity (Wildman–Crippen MR) is 60.2 cm³/mol. The molecular formula is C12H26O2. The van der Waals surface area contributed by atoms with Crippen molar-refractivity contribution in [3.05, 3.63) is 0 Å². The van der Waals surface area contributed by atoms with Crippen molar-refractivity contribution in [2.24, 2.45) is 5.92 Å². The van der Waals surface area contributed by atoms with Crippen LogP contribution >= 0.6 is 0 Å². The van der Waals surface area contributed by atoms with Crippen molar-refractivity contribution in [2.75, 3.05) is 6.61 Å². The topological polar surface area (TPSA) is 40.5 Å². The van der Waals surface area contributed by atoms with E-state index in [0.717, 1.165) is 38.0 Å². The molecule has 0 aromatic rings. The summed E-state index contributed by atoms with van der Waals surface area (Å²) in [5, 5.41) is 18.2. The smallest absolute Gasteiger partial charge is 0.0540 e. The second kappa shape index (κ2) is 9.47. The lowest BCUT2D eigenvalue weighted by molar-refractivity contribution is 0.138. The third-order valence-electron chi connectivity index (χ3n) is 3.01. The summed E-state index contributed by atoms with van der Waals surface area (Å²) < 4.78 is 0. The van der Waals surface area contributed by atoms with Crippen LogP contribution in [0, 0.1) is 5.92 Å². The van der Waals surface area contributed by atoms with Gasteiger partial charge in [0.05, 0.1) is 6.10 Å². The van der Waals surface area contributed by atoms with Gasteiger partial charge in [0.1, 0.15) is 0 Å². The predicted octanol–water partition coefficient (Wildman–Crippen LogP) is 2.73. The molecule has 86 valence electrons. The normalized spacial score (nSPS) is 13.5. The molecule has 2 N–H and O–H groups in total. The van der Waals surface area contributed by atoms with Crippen LogP contribution in [-0.4, -0.2) is 22.9 Å². The third kappa shape index (κ3) is 7.34. The fraction of sp³-hybridized carbons (Fsp3) is 1.00. The number of hydrogen-bond acceptors (Lipinski definition) is 2. The highest BCUT2D eigenvalue weighted by Crippen LogP contribution is 2.17. The Hall–Kier alpha value is -0.0800. The number of hydrogen-bond donors (Lipinski definition) is 2. The van der Waals surface area contributed by atoms with Gasteiger partial charge >= 0.3 is 0 Å². The quantitative estimate of drug-likeness (QED) is 0.564. The Kier molecular flexibility index (Phi) is 9.42. The Balaban J connectivity index is 3.37. The molecule has 0 amide bonds. The lowest BCUT2D eigenvalue weighted by atomic mass is 9.94. The maximum atomic E-state index is 9.63. The minimum atomic E-state index is -0.151. The van der Waals surface area contributed by atoms with Gasteiger partial charge in [0.2, 0.25) is 0 Å². The maximum Gasteiger partial charge on any atom is 0.0540 e. The van der Waals surface area contributed by atoms with Crippen LogP contribution in [0.5, 0.6) is 0 Å². The first kappa shape index (κ1) is 13.9. The van der Waals surface area contributed by atoms with E-state index in [0.29, 0.717) is 0 Å². The Labute approximate surface area is 88.3 Å². The molecule has 14 heavy (non-hydrogen) atoms. The minimum Gasteiger partial charge on any atom is -0.396 e. The standard InChI is InChI=1S/C12H26O2/c1-3-11(4-2)8-9-12(14)7-5-6-10-13/h11-14H,3-10H2,1-2H3. The average Bonchev–Trinajstić information content (AvgIpc) is 2.20. The third-order valence-corrected chi connectivity index (χ3v) is 3.01. The lowest BCUT2D eigenvalue weighted by Crippen LogP contribution is -2.09. The summed E-state index contributed by atoms with van der Waals surface area (Å²) in [6.07, 6.45) is 6.98. The van der Waals surface area contributed by atoms with Crippen LogP contribution in [0.4, 0.5) is 0 Å². The molecule has 1 unspecified atom stereocenters. The molecule has 0 aliphatic rings. The fourth-order valence-corrected chi connectivity index (χ4v) is 1.76. The molecule has 0 saturated carbocycles. The van der Waals surface area contributed by atoms with Crippen LogP contribution in [0.2, 0.25) is 0 Å². The van der Waals surface area contributed by atoms with E-state index in [2.05, 4.69) is 13.8 Å². The van der Waals surface area contributed by atoms with Crippen molar-refractivity contribution in [1.82, 2.24) is 0 Å². The summed E-state index contributed by atoms with van der Waals surface area (Å²) in [5.74, 6) is 0.780. The van der Waals surface area contributed by atoms with Gasteiger partial charge in [-0.1, -0.05) is 26.7 Å². The summed E-state index contributed by atoms with van der Waals surface area (Å²) in [7, 11) is 0. The van der Waals surface area contributed by atoms with E-state index in [1.54, 1.807) is 0 Å². The van der Waals surface area contributed by atoms with Crippen molar-refractivity contribution in [1.29, 1.82) is 0 Å². The van der Waals surface area contributed by atoms with Gasteiger partial charge in [0, 0.05) is 6.61 Å². The van der Waals surface area contributed by atoms with Crippen LogP contribution in [0.3, 0.4) is 0 Å². The molecule has 0 saturated heterocycles. The Morgan fingerprint density at radius 1 is 0.929 bits per heavy atom. The van der Waals surface area contributed by atoms with Crippen molar-refractivity contribution in [2.45, 2.75) is 64.9 Å². The van der Waals surface area contributed by atoms with E-state index in [-0.39, 0.29) is 12.7 Å². The Morgan fingerprint density at radius 3 is 2.07 bits per heavy atom. The molecule has 0 bridgehead atoms. The van der Waals surface area contributed by atoms with Gasteiger partial charge in [-0.3, -0.25) is 0 Å². The Morgan fingerprint density at radius 2 is 1.57 bits per heavy atom. The van der Waals surface area contributed by atoms with E-state index in [1.807, 2.05) is 0 Å². The molecule has 0 heterocycles. The van der Waals surface area contributed by atoms with Gasteiger partial charge in [0.25, 0.3) is 0 Å². The number of rotatable bonds is 9. The lowest BCUT2D eigenvalue weighted by Gasteiger charge is -2.15. The monoisotopic (exact) mass is 202 g/mol. The molecule has 0 rings (SSSR count). The van der Waals surface area contributed by atoms with Gasteiger partial charge in [-0.2, -0.15) is 0 Å². The molecule has 0 fully saturated rings. The molecule has 2 nitrogen and oxygen atoms in total. The largest absolute Gasteiger partial charge is 0.396 e. The van der Waals surface area contributed by atoms with Gasteiger partial charge in [-0.15, -0.1) is 0 Å². The summed E-state index contributed by atoms with van der Waals surface area (Å²) in [5.41, 5.74) is 0. The van der Waals surface area contributed by atoms with Crippen molar-refractivity contribution in [3.63, 3.8) is 0 Å². The summed E-state index contributed by atoms with van der Waals surface area (Å²) in [4.78, 5) is 0. The van der Waals surface area contributed by atoms with Crippen LogP contribution in [0.1, 0.15) is 58.8 Å². The first-order valence-electron chi connectivity index (χ1n) is 6.03. The van der Waals surface area contributed by atoms with E-state index in [1.165, 1.54) is 12.8 Å². The molecule has 0 aromatic carbocycles. The molecule has 2 heteroatoms. The zero-order chi connectivity index (χ0) is 10.8. The van der Waals surface area contributed by atoms with Gasteiger partial charge in [-0.05, 0) is 38.0 Å². The van der Waals surface area contributed by atoms with Crippen LogP contribution < -0.4 is 0 Å². The van der Waals surface area contributed by atoms with Gasteiger partial charge < -0.3 is 10.2 Å². The number of unbranched alkanes of at least 4 members (excludes halogenated alkanes) is 1. The molecule has 0 aromatic heterocycles. The van der Waals surface area contributed by atoms with Crippen LogP contribution in [0.15, 0.2) is 0 Å². The highest BCUT2D eigenvalue weighted by Gasteiger charge is 2.08. The van der Waals surface area contributed by atoms with E-state index >= 15 is 0 Å². The first-order chi connectivity index (χ1) is 6.74. The second-order valence-corrected chi connectivity index (χ2v) is 4.13. The molecule has 0 spiro atoms. The molecule has 1 atom stereocenters. The summed E-state index contributed by atoms with van der Waals surface area (Å²) in [6, 6.07) is 0. The van der Waals surface area contributed by atoms with Crippen LogP contribution in [-0.2, 0) is 0 Å². The van der Waals surface area contributed by atoms with E-state index < -0.39 is 0 Å². The van der Waals surface area contributed by atoms with Gasteiger partial charge in [-0.25, -0.2) is 0 Å². The second-order valence-electron chi connectivity index (χ2n) is 4.13. The maximum absolute atomic E-state index is 9.63. The minimum absolute atomic E-state index is 0.151. The van der Waals surface area contributed by atoms with E-state index in [9.17, 15) is 5.11 Å². The molecule has 0 aliphatic heterocycles. The first-order valence-corrected chi connectivity index (χ1v) is 6.03. The van der Waals surface area contributed by atoms with Gasteiger partial charge in [0.15, 0.2) is 0 Å². The van der Waals surface area contributed by atoms with E-state index in [4.69, 9.17) is 5.11 Å². The van der Waals surface area contributed by atoms with Crippen molar-refractivity contribution < 1.29 is 10.2 Å². The zero-order valence-corrected chi connectivity index (χ0v) is 9.71. The van der Waals surface area contributed by atoms with Crippen molar-refractivity contribution >= 4 is 0 Å². The average molecular weight is 202 g/mol. The Bertz CT molecular complexity index is 111. The zero-order valence-electron chi connectivity index (χ0n) is 9.71. The highest BCUT2D eigenvalue weighted by molar-refractivity contribution is 4.61. The van der Waals surface area contributed by atoms with Crippen molar-refractivity contribution in [3.8, 4) is 0 Å². The molecule has 0 aliphatic carbocycles. The SMILES string of the molecule is CCC(CC)CCC(O)CCCCO. The molecular weight excluding hydrogens is 176 g/mol. The number of aliphatic hydroxyl groups is 2.